The van der Waals surface area contributed by atoms with Crippen molar-refractivity contribution in [2.24, 2.45) is 11.0 Å². The maximum Gasteiger partial charge on any atom is 0.254 e. The second kappa shape index (κ2) is 6.18. The molecule has 2 aliphatic rings. The Morgan fingerprint density at radius 3 is 2.42 bits per heavy atom. The summed E-state index contributed by atoms with van der Waals surface area (Å²) in [6.45, 7) is 0.144. The molecule has 2 heterocycles. The van der Waals surface area contributed by atoms with Gasteiger partial charge in [-0.3, -0.25) is 24.7 Å². The molecule has 0 unspecified atom stereocenters. The van der Waals surface area contributed by atoms with E-state index in [0.717, 1.165) is 22.6 Å². The highest BCUT2D eigenvalue weighted by atomic mass is 19.1. The van der Waals surface area contributed by atoms with Crippen LogP contribution in [0.1, 0.15) is 15.9 Å². The molecular weight excluding hydrogens is 337 g/mol. The number of carbonyl (C=O) groups is 3. The third kappa shape index (κ3) is 2.57. The van der Waals surface area contributed by atoms with Gasteiger partial charge in [-0.25, -0.2) is 4.39 Å². The zero-order chi connectivity index (χ0) is 18.3. The molecule has 2 atom stereocenters. The average Bonchev–Trinajstić information content (AvgIpc) is 3.19. The Labute approximate surface area is 148 Å². The van der Waals surface area contributed by atoms with E-state index in [-0.39, 0.29) is 17.8 Å². The predicted octanol–water partition coefficient (Wildman–Crippen LogP) is 1.52. The quantitative estimate of drug-likeness (QED) is 0.669. The van der Waals surface area contributed by atoms with Crippen molar-refractivity contribution in [1.82, 2.24) is 10.3 Å². The minimum atomic E-state index is -0.955. The van der Waals surface area contributed by atoms with Crippen molar-refractivity contribution in [3.05, 3.63) is 71.5 Å². The van der Waals surface area contributed by atoms with Gasteiger partial charge >= 0.3 is 0 Å². The second-order valence-corrected chi connectivity index (χ2v) is 6.17. The first-order valence-electron chi connectivity index (χ1n) is 8.09. The Hall–Kier alpha value is -3.35. The number of likely N-dealkylation sites (tertiary alicyclic amines) is 1. The number of nitrogens with zero attached hydrogens (tertiary/aromatic N) is 2. The number of hydrogen-bond acceptors (Lipinski definition) is 5. The molecule has 1 saturated heterocycles. The summed E-state index contributed by atoms with van der Waals surface area (Å²) in [7, 11) is 0. The molecule has 4 rings (SSSR count). The van der Waals surface area contributed by atoms with Crippen molar-refractivity contribution in [2.75, 3.05) is 0 Å². The lowest BCUT2D eigenvalue weighted by atomic mass is 9.93. The van der Waals surface area contributed by atoms with Crippen LogP contribution >= 0.6 is 0 Å². The van der Waals surface area contributed by atoms with Crippen LogP contribution in [0, 0.1) is 11.7 Å². The molecule has 130 valence electrons. The van der Waals surface area contributed by atoms with Crippen molar-refractivity contribution in [2.45, 2.75) is 12.6 Å². The number of fused-ring (bicyclic) bond motifs is 1. The van der Waals surface area contributed by atoms with E-state index in [1.807, 2.05) is 30.3 Å². The lowest BCUT2D eigenvalue weighted by molar-refractivity contribution is -0.140. The van der Waals surface area contributed by atoms with Crippen LogP contribution in [-0.4, -0.2) is 34.3 Å². The number of ketones is 1. The molecule has 0 radical (unpaired) electrons. The second-order valence-electron chi connectivity index (χ2n) is 6.17. The molecule has 6 nitrogen and oxygen atoms in total. The highest BCUT2D eigenvalue weighted by molar-refractivity contribution is 6.51. The summed E-state index contributed by atoms with van der Waals surface area (Å²) < 4.78 is 13.1. The molecule has 7 heteroatoms. The SMILES string of the molecule is O=C(C1=NN[C@@H]2C(=O)N(Cc3ccccc3)C(=O)[C@H]12)c1ccc(F)cc1. The van der Waals surface area contributed by atoms with Gasteiger partial charge in [0.25, 0.3) is 5.91 Å². The lowest BCUT2D eigenvalue weighted by Gasteiger charge is -2.15. The summed E-state index contributed by atoms with van der Waals surface area (Å²) in [5.41, 5.74) is 3.62. The first-order valence-corrected chi connectivity index (χ1v) is 8.09. The average molecular weight is 351 g/mol. The Morgan fingerprint density at radius 2 is 1.73 bits per heavy atom. The first kappa shape index (κ1) is 16.1. The molecule has 0 bridgehead atoms. The molecule has 2 amide bonds. The number of Topliss-reactive ketones (excluding diaryl/α,β-unsaturated/α-hetero) is 1. The van der Waals surface area contributed by atoms with E-state index in [0.29, 0.717) is 0 Å². The topological polar surface area (TPSA) is 78.8 Å². The van der Waals surface area contributed by atoms with Gasteiger partial charge in [0.1, 0.15) is 23.5 Å². The zero-order valence-electron chi connectivity index (χ0n) is 13.6. The number of hydrazone groups is 1. The van der Waals surface area contributed by atoms with Crippen LogP contribution < -0.4 is 5.43 Å². The highest BCUT2D eigenvalue weighted by Crippen LogP contribution is 2.28. The van der Waals surface area contributed by atoms with Crippen LogP contribution in [-0.2, 0) is 16.1 Å². The van der Waals surface area contributed by atoms with Crippen LogP contribution in [0.2, 0.25) is 0 Å². The summed E-state index contributed by atoms with van der Waals surface area (Å²) in [6, 6.07) is 13.3. The Bertz CT molecular complexity index is 925. The standard InChI is InChI=1S/C19H14FN3O3/c20-13-8-6-12(7-9-13)17(24)15-14-16(22-21-15)19(26)23(18(14)25)10-11-4-2-1-3-5-11/h1-9,14,16,22H,10H2/t14-,16+/m1/s1. The van der Waals surface area contributed by atoms with E-state index in [1.165, 1.54) is 12.1 Å². The monoisotopic (exact) mass is 351 g/mol. The fourth-order valence-electron chi connectivity index (χ4n) is 3.21. The molecule has 2 aromatic carbocycles. The van der Waals surface area contributed by atoms with Gasteiger partial charge in [-0.15, -0.1) is 0 Å². The largest absolute Gasteiger partial charge is 0.296 e. The molecule has 0 aliphatic carbocycles. The molecule has 0 spiro atoms. The molecule has 0 saturated carbocycles. The fourth-order valence-corrected chi connectivity index (χ4v) is 3.21. The van der Waals surface area contributed by atoms with Crippen LogP contribution in [0.25, 0.3) is 0 Å². The molecule has 2 aromatic rings. The summed E-state index contributed by atoms with van der Waals surface area (Å²) in [4.78, 5) is 39.1. The van der Waals surface area contributed by atoms with Gasteiger partial charge < -0.3 is 0 Å². The Kier molecular flexibility index (Phi) is 3.84. The first-order chi connectivity index (χ1) is 12.6. The molecule has 1 N–H and O–H groups in total. The third-order valence-electron chi connectivity index (χ3n) is 4.54. The van der Waals surface area contributed by atoms with Crippen LogP contribution in [0.15, 0.2) is 59.7 Å². The van der Waals surface area contributed by atoms with Crippen LogP contribution in [0.4, 0.5) is 4.39 Å². The van der Waals surface area contributed by atoms with Gasteiger partial charge in [0.2, 0.25) is 11.7 Å². The number of amides is 2. The predicted molar refractivity (Wildman–Crippen MR) is 90.6 cm³/mol. The third-order valence-corrected chi connectivity index (χ3v) is 4.54. The number of benzene rings is 2. The van der Waals surface area contributed by atoms with Crippen molar-refractivity contribution in [3.63, 3.8) is 0 Å². The number of halogens is 1. The minimum Gasteiger partial charge on any atom is -0.296 e. The lowest BCUT2D eigenvalue weighted by Crippen LogP contribution is -2.35. The van der Waals surface area contributed by atoms with Crippen LogP contribution in [0.5, 0.6) is 0 Å². The smallest absolute Gasteiger partial charge is 0.254 e. The van der Waals surface area contributed by atoms with Crippen molar-refractivity contribution in [3.8, 4) is 0 Å². The van der Waals surface area contributed by atoms with E-state index in [1.54, 1.807) is 0 Å². The molecular formula is C19H14FN3O3. The normalized spacial score (nSPS) is 21.4. The molecule has 1 fully saturated rings. The van der Waals surface area contributed by atoms with E-state index in [4.69, 9.17) is 0 Å². The Balaban J connectivity index is 1.58. The van der Waals surface area contributed by atoms with Crippen LogP contribution in [0.3, 0.4) is 0 Å². The number of imide groups is 1. The maximum atomic E-state index is 13.1. The number of hydrogen-bond donors (Lipinski definition) is 1. The van der Waals surface area contributed by atoms with Gasteiger partial charge in [-0.2, -0.15) is 5.10 Å². The molecule has 0 aromatic heterocycles. The minimum absolute atomic E-state index is 0.0180. The van der Waals surface area contributed by atoms with Crippen molar-refractivity contribution >= 4 is 23.3 Å². The summed E-state index contributed by atoms with van der Waals surface area (Å²) >= 11 is 0. The van der Waals surface area contributed by atoms with Gasteiger partial charge in [0.15, 0.2) is 0 Å². The molecule has 26 heavy (non-hydrogen) atoms. The van der Waals surface area contributed by atoms with Crippen molar-refractivity contribution < 1.29 is 18.8 Å². The number of carbonyl (C=O) groups excluding carboxylic acids is 3. The summed E-state index contributed by atoms with van der Waals surface area (Å²) in [6.07, 6.45) is 0. The fraction of sp³-hybridized carbons (Fsp3) is 0.158. The van der Waals surface area contributed by atoms with Gasteiger partial charge in [-0.1, -0.05) is 30.3 Å². The van der Waals surface area contributed by atoms with Gasteiger partial charge in [0, 0.05) is 5.56 Å². The zero-order valence-corrected chi connectivity index (χ0v) is 13.6. The number of nitrogens with one attached hydrogen (secondary N) is 1. The van der Waals surface area contributed by atoms with Gasteiger partial charge in [-0.05, 0) is 29.8 Å². The highest BCUT2D eigenvalue weighted by Gasteiger charge is 2.54. The van der Waals surface area contributed by atoms with E-state index < -0.39 is 35.4 Å². The number of rotatable bonds is 4. The van der Waals surface area contributed by atoms with Gasteiger partial charge in [0.05, 0.1) is 6.54 Å². The van der Waals surface area contributed by atoms with E-state index in [2.05, 4.69) is 10.5 Å². The summed E-state index contributed by atoms with van der Waals surface area (Å²) in [5.74, 6) is -2.78. The maximum absolute atomic E-state index is 13.1. The Morgan fingerprint density at radius 1 is 1.04 bits per heavy atom. The van der Waals surface area contributed by atoms with E-state index in [9.17, 15) is 18.8 Å². The van der Waals surface area contributed by atoms with Crippen molar-refractivity contribution in [1.29, 1.82) is 0 Å². The molecule has 2 aliphatic heterocycles. The summed E-state index contributed by atoms with van der Waals surface area (Å²) in [5, 5.41) is 3.92. The van der Waals surface area contributed by atoms with E-state index >= 15 is 0 Å².